The number of alkyl halides is 2. The molecule has 3 aromatic rings. The van der Waals surface area contributed by atoms with Gasteiger partial charge in [-0.3, -0.25) is 0 Å². The van der Waals surface area contributed by atoms with Gasteiger partial charge >= 0.3 is 5.92 Å². The molecule has 0 N–H and O–H groups in total. The summed E-state index contributed by atoms with van der Waals surface area (Å²) in [5, 5.41) is -3.62. The van der Waals surface area contributed by atoms with Gasteiger partial charge < -0.3 is 0 Å². The predicted molar refractivity (Wildman–Crippen MR) is 107 cm³/mol. The minimum Gasteiger partial charge on any atom is -0.205 e. The first-order valence-corrected chi connectivity index (χ1v) is 11.9. The van der Waals surface area contributed by atoms with E-state index >= 15 is 13.2 Å². The number of benzene rings is 3. The molecule has 38 heavy (non-hydrogen) atoms. The third kappa shape index (κ3) is 3.62. The maximum atomic E-state index is 15.8. The summed E-state index contributed by atoms with van der Waals surface area (Å²) in [6, 6.07) is 0. The molecule has 4 rings (SSSR count). The second-order valence-electron chi connectivity index (χ2n) is 8.04. The third-order valence-electron chi connectivity index (χ3n) is 5.90. The van der Waals surface area contributed by atoms with Gasteiger partial charge in [0, 0.05) is 11.1 Å². The zero-order valence-corrected chi connectivity index (χ0v) is 19.3. The zero-order chi connectivity index (χ0) is 28.6. The Morgan fingerprint density at radius 2 is 0.816 bits per heavy atom. The van der Waals surface area contributed by atoms with Crippen molar-refractivity contribution >= 4 is 18.5 Å². The van der Waals surface area contributed by atoms with Crippen LogP contribution in [0.25, 0.3) is 11.1 Å². The molecule has 0 aliphatic heterocycles. The molecule has 15 heteroatoms. The van der Waals surface area contributed by atoms with E-state index in [1.165, 1.54) is 6.92 Å². The predicted octanol–water partition coefficient (Wildman–Crippen LogP) is 7.71. The first-order chi connectivity index (χ1) is 17.6. The van der Waals surface area contributed by atoms with Crippen LogP contribution in [0.4, 0.5) is 61.5 Å². The van der Waals surface area contributed by atoms with Crippen molar-refractivity contribution < 1.29 is 61.5 Å². The molecular formula is C23H9F14P. The number of halogens is 14. The third-order valence-corrected chi connectivity index (χ3v) is 8.53. The standard InChI is InChI=1S/C23H9F14P/c1-2-3-4-38(22-19(34)16(31)15(30)17(32)20(22)35)21-10(25)6-5-7(11(26)14(29)13(28)9(5)24)23(36,37)8(6)12(27)18(21)33/h2-4H2,1H3. The van der Waals surface area contributed by atoms with E-state index in [-0.39, 0.29) is 12.8 Å². The fourth-order valence-corrected chi connectivity index (χ4v) is 6.84. The molecule has 0 saturated carbocycles. The lowest BCUT2D eigenvalue weighted by Crippen LogP contribution is -2.30. The minimum absolute atomic E-state index is 0.0795. The summed E-state index contributed by atoms with van der Waals surface area (Å²) in [4.78, 5) is 0. The van der Waals surface area contributed by atoms with E-state index in [0.29, 0.717) is 0 Å². The molecule has 1 atom stereocenters. The van der Waals surface area contributed by atoms with Crippen molar-refractivity contribution in [2.45, 2.75) is 25.7 Å². The Morgan fingerprint density at radius 3 is 1.32 bits per heavy atom. The van der Waals surface area contributed by atoms with E-state index in [2.05, 4.69) is 0 Å². The van der Waals surface area contributed by atoms with Crippen molar-refractivity contribution in [2.24, 2.45) is 0 Å². The maximum absolute atomic E-state index is 15.8. The highest BCUT2D eigenvalue weighted by Gasteiger charge is 2.55. The second-order valence-corrected chi connectivity index (χ2v) is 10.2. The topological polar surface area (TPSA) is 0 Å². The Hall–Kier alpha value is -2.89. The Bertz CT molecular complexity index is 1480. The van der Waals surface area contributed by atoms with Crippen molar-refractivity contribution in [1.29, 1.82) is 0 Å². The van der Waals surface area contributed by atoms with Gasteiger partial charge in [-0.15, -0.1) is 0 Å². The van der Waals surface area contributed by atoms with Crippen LogP contribution >= 0.6 is 7.92 Å². The molecule has 204 valence electrons. The number of unbranched alkanes of at least 4 members (excludes halogenated alkanes) is 1. The zero-order valence-electron chi connectivity index (χ0n) is 18.4. The van der Waals surface area contributed by atoms with Crippen molar-refractivity contribution in [2.75, 3.05) is 6.16 Å². The molecule has 1 aliphatic rings. The van der Waals surface area contributed by atoms with Crippen molar-refractivity contribution in [3.63, 3.8) is 0 Å². The molecule has 0 fully saturated rings. The molecule has 0 bridgehead atoms. The molecule has 1 aliphatic carbocycles. The molecule has 3 aromatic carbocycles. The Kier molecular flexibility index (Phi) is 6.95. The summed E-state index contributed by atoms with van der Waals surface area (Å²) < 4.78 is 203. The van der Waals surface area contributed by atoms with Crippen LogP contribution in [0, 0.1) is 69.8 Å². The minimum atomic E-state index is -5.18. The smallest absolute Gasteiger partial charge is 0.205 e. The van der Waals surface area contributed by atoms with Crippen LogP contribution in [-0.2, 0) is 5.92 Å². The fourth-order valence-electron chi connectivity index (χ4n) is 4.18. The van der Waals surface area contributed by atoms with Crippen LogP contribution in [0.1, 0.15) is 30.9 Å². The van der Waals surface area contributed by atoms with Gasteiger partial charge in [-0.2, -0.15) is 8.78 Å². The van der Waals surface area contributed by atoms with Crippen LogP contribution < -0.4 is 10.6 Å². The lowest BCUT2D eigenvalue weighted by Gasteiger charge is -2.23. The maximum Gasteiger partial charge on any atom is 0.305 e. The second kappa shape index (κ2) is 9.39. The van der Waals surface area contributed by atoms with E-state index < -0.39 is 123 Å². The Labute approximate surface area is 204 Å². The summed E-state index contributed by atoms with van der Waals surface area (Å²) in [6.45, 7) is 1.42. The first-order valence-electron chi connectivity index (χ1n) is 10.4. The Morgan fingerprint density at radius 1 is 0.474 bits per heavy atom. The SMILES string of the molecule is CCCCP(c1c(F)c(F)c(F)c(F)c1F)c1c(F)c(F)c2c(c1F)-c1c(F)c(F)c(F)c(F)c1C2(F)F. The molecule has 0 radical (unpaired) electrons. The number of hydrogen-bond acceptors (Lipinski definition) is 0. The van der Waals surface area contributed by atoms with Crippen LogP contribution in [0.2, 0.25) is 0 Å². The highest BCUT2D eigenvalue weighted by molar-refractivity contribution is 7.73. The van der Waals surface area contributed by atoms with E-state index in [1.807, 2.05) is 0 Å². The van der Waals surface area contributed by atoms with Gasteiger partial charge in [-0.05, 0) is 20.5 Å². The molecule has 0 spiro atoms. The molecule has 0 aromatic heterocycles. The Balaban J connectivity index is 2.18. The summed E-state index contributed by atoms with van der Waals surface area (Å²) in [5.41, 5.74) is -8.80. The lowest BCUT2D eigenvalue weighted by molar-refractivity contribution is 0.0384. The number of fused-ring (bicyclic) bond motifs is 3. The van der Waals surface area contributed by atoms with Crippen molar-refractivity contribution in [1.82, 2.24) is 0 Å². The van der Waals surface area contributed by atoms with Crippen LogP contribution in [0.3, 0.4) is 0 Å². The number of rotatable bonds is 5. The highest BCUT2D eigenvalue weighted by atomic mass is 31.1. The van der Waals surface area contributed by atoms with E-state index in [4.69, 9.17) is 0 Å². The van der Waals surface area contributed by atoms with Crippen LogP contribution in [0.5, 0.6) is 0 Å². The molecule has 0 amide bonds. The summed E-state index contributed by atoms with van der Waals surface area (Å²) in [6.07, 6.45) is -0.956. The average molecular weight is 582 g/mol. The molecule has 0 saturated heterocycles. The van der Waals surface area contributed by atoms with Gasteiger partial charge in [0.15, 0.2) is 58.2 Å². The first kappa shape index (κ1) is 28.1. The van der Waals surface area contributed by atoms with Gasteiger partial charge in [-0.25, -0.2) is 52.7 Å². The van der Waals surface area contributed by atoms with E-state index in [0.717, 1.165) is 0 Å². The monoisotopic (exact) mass is 582 g/mol. The molecule has 1 unspecified atom stereocenters. The quantitative estimate of drug-likeness (QED) is 0.125. The van der Waals surface area contributed by atoms with Crippen molar-refractivity contribution in [3.05, 3.63) is 80.9 Å². The summed E-state index contributed by atoms with van der Waals surface area (Å²) in [5.74, 6) is -36.6. The van der Waals surface area contributed by atoms with Crippen LogP contribution in [-0.4, -0.2) is 6.16 Å². The van der Waals surface area contributed by atoms with Gasteiger partial charge in [0.25, 0.3) is 0 Å². The fraction of sp³-hybridized carbons (Fsp3) is 0.217. The van der Waals surface area contributed by atoms with Gasteiger partial charge in [0.1, 0.15) is 5.82 Å². The molecule has 0 heterocycles. The summed E-state index contributed by atoms with van der Waals surface area (Å²) >= 11 is 0. The lowest BCUT2D eigenvalue weighted by atomic mass is 10.0. The van der Waals surface area contributed by atoms with Crippen LogP contribution in [0.15, 0.2) is 0 Å². The van der Waals surface area contributed by atoms with E-state index in [9.17, 15) is 48.3 Å². The van der Waals surface area contributed by atoms with Gasteiger partial charge in [0.05, 0.1) is 21.7 Å². The average Bonchev–Trinajstić information content (AvgIpc) is 3.12. The largest absolute Gasteiger partial charge is 0.305 e. The van der Waals surface area contributed by atoms with E-state index in [1.54, 1.807) is 0 Å². The van der Waals surface area contributed by atoms with Crippen molar-refractivity contribution in [3.8, 4) is 11.1 Å². The molecule has 0 nitrogen and oxygen atoms in total. The van der Waals surface area contributed by atoms with Gasteiger partial charge in [-0.1, -0.05) is 13.3 Å². The highest BCUT2D eigenvalue weighted by Crippen LogP contribution is 2.56. The summed E-state index contributed by atoms with van der Waals surface area (Å²) in [7, 11) is -3.47. The normalized spacial score (nSPS) is 14.6. The molecular weight excluding hydrogens is 573 g/mol. The number of hydrogen-bond donors (Lipinski definition) is 0. The van der Waals surface area contributed by atoms with Gasteiger partial charge in [0.2, 0.25) is 5.82 Å².